The van der Waals surface area contributed by atoms with Gasteiger partial charge in [-0.2, -0.15) is 5.10 Å². The van der Waals surface area contributed by atoms with Gasteiger partial charge in [0.15, 0.2) is 5.82 Å². The minimum absolute atomic E-state index is 0.179. The Bertz CT molecular complexity index is 518. The summed E-state index contributed by atoms with van der Waals surface area (Å²) in [6.45, 7) is 6.68. The van der Waals surface area contributed by atoms with E-state index in [1.807, 2.05) is 18.8 Å². The van der Waals surface area contributed by atoms with Crippen LogP contribution < -0.4 is 5.32 Å². The molecule has 3 nitrogen and oxygen atoms in total. The van der Waals surface area contributed by atoms with Gasteiger partial charge in [0, 0.05) is 19.5 Å². The number of aromatic nitrogens is 2. The Kier molecular flexibility index (Phi) is 2.41. The number of fused-ring (bicyclic) bond motifs is 1. The van der Waals surface area contributed by atoms with Crippen molar-refractivity contribution in [3.8, 4) is 0 Å². The lowest BCUT2D eigenvalue weighted by Gasteiger charge is -2.18. The SMILES string of the molecule is CNc1nn(C)c2cc(C(C)(C)C)ccc12. The van der Waals surface area contributed by atoms with Crippen LogP contribution in [0.5, 0.6) is 0 Å². The van der Waals surface area contributed by atoms with Crippen LogP contribution in [0.1, 0.15) is 26.3 Å². The Morgan fingerprint density at radius 1 is 1.25 bits per heavy atom. The van der Waals surface area contributed by atoms with Crippen molar-refractivity contribution < 1.29 is 0 Å². The predicted molar refractivity (Wildman–Crippen MR) is 69.0 cm³/mol. The third-order valence-corrected chi connectivity index (χ3v) is 2.95. The van der Waals surface area contributed by atoms with Crippen molar-refractivity contribution in [3.05, 3.63) is 23.8 Å². The maximum atomic E-state index is 4.44. The largest absolute Gasteiger partial charge is 0.371 e. The molecule has 0 aliphatic heterocycles. The van der Waals surface area contributed by atoms with E-state index in [4.69, 9.17) is 0 Å². The smallest absolute Gasteiger partial charge is 0.155 e. The first-order valence-corrected chi connectivity index (χ1v) is 5.58. The van der Waals surface area contributed by atoms with Crippen LogP contribution in [-0.2, 0) is 12.5 Å². The van der Waals surface area contributed by atoms with Crippen LogP contribution in [0.2, 0.25) is 0 Å². The summed E-state index contributed by atoms with van der Waals surface area (Å²) in [6, 6.07) is 6.56. The van der Waals surface area contributed by atoms with E-state index in [0.29, 0.717) is 0 Å². The van der Waals surface area contributed by atoms with Crippen LogP contribution in [0.4, 0.5) is 5.82 Å². The van der Waals surface area contributed by atoms with Crippen LogP contribution in [0, 0.1) is 0 Å². The van der Waals surface area contributed by atoms with Gasteiger partial charge in [0.25, 0.3) is 0 Å². The monoisotopic (exact) mass is 217 g/mol. The molecule has 0 atom stereocenters. The van der Waals surface area contributed by atoms with Gasteiger partial charge in [0.2, 0.25) is 0 Å². The zero-order valence-electron chi connectivity index (χ0n) is 10.6. The number of hydrogen-bond donors (Lipinski definition) is 1. The van der Waals surface area contributed by atoms with Gasteiger partial charge in [-0.1, -0.05) is 26.8 Å². The van der Waals surface area contributed by atoms with Gasteiger partial charge in [-0.05, 0) is 23.1 Å². The van der Waals surface area contributed by atoms with Crippen molar-refractivity contribution in [2.45, 2.75) is 26.2 Å². The number of benzene rings is 1. The molecule has 0 saturated heterocycles. The number of nitrogens with zero attached hydrogens (tertiary/aromatic N) is 2. The molecule has 2 aromatic rings. The fourth-order valence-electron chi connectivity index (χ4n) is 1.91. The van der Waals surface area contributed by atoms with E-state index in [-0.39, 0.29) is 5.41 Å². The summed E-state index contributed by atoms with van der Waals surface area (Å²) in [6.07, 6.45) is 0. The summed E-state index contributed by atoms with van der Waals surface area (Å²) in [5.74, 6) is 0.943. The maximum absolute atomic E-state index is 4.44. The third kappa shape index (κ3) is 1.66. The maximum Gasteiger partial charge on any atom is 0.155 e. The highest BCUT2D eigenvalue weighted by Gasteiger charge is 2.16. The van der Waals surface area contributed by atoms with Crippen LogP contribution >= 0.6 is 0 Å². The van der Waals surface area contributed by atoms with Crippen LogP contribution in [0.15, 0.2) is 18.2 Å². The number of nitrogens with one attached hydrogen (secondary N) is 1. The van der Waals surface area contributed by atoms with Crippen LogP contribution in [0.3, 0.4) is 0 Å². The van der Waals surface area contributed by atoms with E-state index < -0.39 is 0 Å². The first-order chi connectivity index (χ1) is 7.43. The number of hydrogen-bond acceptors (Lipinski definition) is 2. The molecule has 2 rings (SSSR count). The molecule has 0 aliphatic carbocycles. The van der Waals surface area contributed by atoms with Crippen molar-refractivity contribution in [2.24, 2.45) is 7.05 Å². The Balaban J connectivity index is 2.67. The molecule has 86 valence electrons. The summed E-state index contributed by atoms with van der Waals surface area (Å²) in [4.78, 5) is 0. The molecular weight excluding hydrogens is 198 g/mol. The van der Waals surface area contributed by atoms with E-state index in [2.05, 4.69) is 49.4 Å². The molecule has 16 heavy (non-hydrogen) atoms. The quantitative estimate of drug-likeness (QED) is 0.796. The molecule has 1 aromatic carbocycles. The molecule has 0 saturated carbocycles. The first kappa shape index (κ1) is 11.0. The molecule has 1 N–H and O–H groups in total. The van der Waals surface area contributed by atoms with E-state index in [1.165, 1.54) is 16.5 Å². The summed E-state index contributed by atoms with van der Waals surface area (Å²) in [5, 5.41) is 8.73. The lowest BCUT2D eigenvalue weighted by Crippen LogP contribution is -2.10. The molecule has 0 radical (unpaired) electrons. The molecular formula is C13H19N3. The normalized spacial score (nSPS) is 12.1. The Hall–Kier alpha value is -1.51. The van der Waals surface area contributed by atoms with Crippen molar-refractivity contribution >= 4 is 16.7 Å². The topological polar surface area (TPSA) is 29.9 Å². The highest BCUT2D eigenvalue weighted by molar-refractivity contribution is 5.90. The van der Waals surface area contributed by atoms with Gasteiger partial charge in [-0.25, -0.2) is 0 Å². The van der Waals surface area contributed by atoms with Crippen LogP contribution in [-0.4, -0.2) is 16.8 Å². The van der Waals surface area contributed by atoms with Crippen molar-refractivity contribution in [3.63, 3.8) is 0 Å². The Morgan fingerprint density at radius 2 is 1.94 bits per heavy atom. The van der Waals surface area contributed by atoms with Gasteiger partial charge >= 0.3 is 0 Å². The molecule has 0 aliphatic rings. The highest BCUT2D eigenvalue weighted by Crippen LogP contribution is 2.28. The molecule has 0 fully saturated rings. The lowest BCUT2D eigenvalue weighted by molar-refractivity contribution is 0.590. The second-order valence-corrected chi connectivity index (χ2v) is 5.20. The number of rotatable bonds is 1. The summed E-state index contributed by atoms with van der Waals surface area (Å²) < 4.78 is 1.93. The summed E-state index contributed by atoms with van der Waals surface area (Å²) >= 11 is 0. The molecule has 0 spiro atoms. The second kappa shape index (κ2) is 3.51. The molecule has 3 heteroatoms. The minimum atomic E-state index is 0.179. The lowest BCUT2D eigenvalue weighted by atomic mass is 9.87. The second-order valence-electron chi connectivity index (χ2n) is 5.20. The Morgan fingerprint density at radius 3 is 2.50 bits per heavy atom. The Labute approximate surface area is 96.5 Å². The zero-order chi connectivity index (χ0) is 11.9. The average molecular weight is 217 g/mol. The first-order valence-electron chi connectivity index (χ1n) is 5.58. The third-order valence-electron chi connectivity index (χ3n) is 2.95. The average Bonchev–Trinajstić information content (AvgIpc) is 2.54. The van der Waals surface area contributed by atoms with Crippen molar-refractivity contribution in [1.29, 1.82) is 0 Å². The van der Waals surface area contributed by atoms with E-state index in [0.717, 1.165) is 5.82 Å². The molecule has 1 heterocycles. The van der Waals surface area contributed by atoms with Gasteiger partial charge in [0.1, 0.15) is 0 Å². The molecule has 0 unspecified atom stereocenters. The van der Waals surface area contributed by atoms with Gasteiger partial charge in [-0.15, -0.1) is 0 Å². The molecule has 1 aromatic heterocycles. The molecule has 0 bridgehead atoms. The standard InChI is InChI=1S/C13H19N3/c1-13(2,3)9-6-7-10-11(8-9)16(5)15-12(10)14-4/h6-8H,1-5H3,(H,14,15). The number of anilines is 1. The highest BCUT2D eigenvalue weighted by atomic mass is 15.3. The van der Waals surface area contributed by atoms with E-state index in [1.54, 1.807) is 0 Å². The van der Waals surface area contributed by atoms with Crippen molar-refractivity contribution in [2.75, 3.05) is 12.4 Å². The van der Waals surface area contributed by atoms with E-state index >= 15 is 0 Å². The minimum Gasteiger partial charge on any atom is -0.371 e. The van der Waals surface area contributed by atoms with Gasteiger partial charge in [0.05, 0.1) is 5.52 Å². The van der Waals surface area contributed by atoms with Crippen LogP contribution in [0.25, 0.3) is 10.9 Å². The fraction of sp³-hybridized carbons (Fsp3) is 0.462. The zero-order valence-corrected chi connectivity index (χ0v) is 10.6. The van der Waals surface area contributed by atoms with Gasteiger partial charge < -0.3 is 5.32 Å². The van der Waals surface area contributed by atoms with E-state index in [9.17, 15) is 0 Å². The fourth-order valence-corrected chi connectivity index (χ4v) is 1.91. The van der Waals surface area contributed by atoms with Gasteiger partial charge in [-0.3, -0.25) is 4.68 Å². The summed E-state index contributed by atoms with van der Waals surface area (Å²) in [7, 11) is 3.88. The predicted octanol–water partition coefficient (Wildman–Crippen LogP) is 2.91. The molecule has 0 amide bonds. The number of aryl methyl sites for hydroxylation is 1. The van der Waals surface area contributed by atoms with Crippen molar-refractivity contribution in [1.82, 2.24) is 9.78 Å². The summed E-state index contributed by atoms with van der Waals surface area (Å²) in [5.41, 5.74) is 2.69.